The first kappa shape index (κ1) is 11.2. The highest BCUT2D eigenvalue weighted by molar-refractivity contribution is 5.69. The van der Waals surface area contributed by atoms with Crippen LogP contribution >= 0.6 is 0 Å². The summed E-state index contributed by atoms with van der Waals surface area (Å²) in [6.07, 6.45) is 4.24. The minimum atomic E-state index is 0. The Hall–Kier alpha value is -1.86. The van der Waals surface area contributed by atoms with Gasteiger partial charge >= 0.3 is 0 Å². The molecule has 0 atom stereocenters. The number of hydrogen-bond acceptors (Lipinski definition) is 1. The summed E-state index contributed by atoms with van der Waals surface area (Å²) in [6, 6.07) is 20.6. The maximum Gasteiger partial charge on any atom is -0.0256 e. The molecule has 0 aliphatic heterocycles. The first-order chi connectivity index (χ1) is 6.95. The van der Waals surface area contributed by atoms with Crippen LogP contribution in [0.25, 0.3) is 12.2 Å². The molecule has 76 valence electrons. The third kappa shape index (κ3) is 3.41. The van der Waals surface area contributed by atoms with Crippen molar-refractivity contribution in [1.82, 2.24) is 6.15 Å². The van der Waals surface area contributed by atoms with Crippen molar-refractivity contribution in [2.24, 2.45) is 0 Å². The lowest BCUT2D eigenvalue weighted by Gasteiger charge is -1.92. The molecule has 0 saturated heterocycles. The topological polar surface area (TPSA) is 35.0 Å². The molecule has 0 bridgehead atoms. The normalized spacial score (nSPS) is 9.87. The van der Waals surface area contributed by atoms with Crippen LogP contribution in [0.2, 0.25) is 0 Å². The predicted octanol–water partition coefficient (Wildman–Crippen LogP) is 4.02. The van der Waals surface area contributed by atoms with Gasteiger partial charge in [0.25, 0.3) is 0 Å². The lowest BCUT2D eigenvalue weighted by molar-refractivity contribution is 1.65. The van der Waals surface area contributed by atoms with E-state index < -0.39 is 0 Å². The van der Waals surface area contributed by atoms with E-state index in [-0.39, 0.29) is 6.15 Å². The van der Waals surface area contributed by atoms with Crippen LogP contribution in [-0.2, 0) is 0 Å². The quantitative estimate of drug-likeness (QED) is 0.725. The van der Waals surface area contributed by atoms with Crippen LogP contribution in [0, 0.1) is 0 Å². The Morgan fingerprint density at radius 3 is 1.20 bits per heavy atom. The fourth-order valence-electron chi connectivity index (χ4n) is 1.32. The molecule has 1 heteroatoms. The fraction of sp³-hybridized carbons (Fsp3) is 0. The smallest absolute Gasteiger partial charge is 0.0256 e. The van der Waals surface area contributed by atoms with Crippen LogP contribution < -0.4 is 6.15 Å². The van der Waals surface area contributed by atoms with Gasteiger partial charge < -0.3 is 6.15 Å². The molecule has 2 rings (SSSR count). The Bertz CT molecular complexity index is 362. The maximum absolute atomic E-state index is 2.12. The van der Waals surface area contributed by atoms with Gasteiger partial charge in [-0.1, -0.05) is 72.8 Å². The summed E-state index contributed by atoms with van der Waals surface area (Å²) in [5.74, 6) is 0. The zero-order valence-corrected chi connectivity index (χ0v) is 8.64. The van der Waals surface area contributed by atoms with Crippen molar-refractivity contribution < 1.29 is 0 Å². The Morgan fingerprint density at radius 2 is 0.867 bits per heavy atom. The van der Waals surface area contributed by atoms with E-state index in [0.29, 0.717) is 0 Å². The van der Waals surface area contributed by atoms with Crippen molar-refractivity contribution in [3.8, 4) is 0 Å². The molecule has 0 aliphatic rings. The van der Waals surface area contributed by atoms with Gasteiger partial charge in [-0.15, -0.1) is 0 Å². The van der Waals surface area contributed by atoms with E-state index in [0.717, 1.165) is 0 Å². The second kappa shape index (κ2) is 5.78. The molecule has 2 aromatic rings. The molecular formula is C14H15N. The van der Waals surface area contributed by atoms with Crippen molar-refractivity contribution >= 4 is 12.2 Å². The van der Waals surface area contributed by atoms with Gasteiger partial charge in [0.1, 0.15) is 0 Å². The van der Waals surface area contributed by atoms with E-state index in [1.165, 1.54) is 11.1 Å². The lowest BCUT2D eigenvalue weighted by atomic mass is 10.1. The molecule has 3 N–H and O–H groups in total. The van der Waals surface area contributed by atoms with Gasteiger partial charge in [-0.25, -0.2) is 0 Å². The third-order valence-electron chi connectivity index (χ3n) is 2.07. The molecular weight excluding hydrogens is 182 g/mol. The van der Waals surface area contributed by atoms with Crippen LogP contribution in [-0.4, -0.2) is 0 Å². The molecule has 0 aliphatic carbocycles. The monoisotopic (exact) mass is 197 g/mol. The highest BCUT2D eigenvalue weighted by Crippen LogP contribution is 2.06. The number of benzene rings is 2. The molecule has 0 radical (unpaired) electrons. The average molecular weight is 197 g/mol. The second-order valence-electron chi connectivity index (χ2n) is 3.15. The highest BCUT2D eigenvalue weighted by atomic mass is 14.0. The van der Waals surface area contributed by atoms with Crippen molar-refractivity contribution in [3.63, 3.8) is 0 Å². The van der Waals surface area contributed by atoms with E-state index in [1.807, 2.05) is 36.4 Å². The number of hydrogen-bond donors (Lipinski definition) is 1. The summed E-state index contributed by atoms with van der Waals surface area (Å²) in [4.78, 5) is 0. The zero-order valence-electron chi connectivity index (χ0n) is 8.64. The van der Waals surface area contributed by atoms with Crippen molar-refractivity contribution in [2.45, 2.75) is 0 Å². The van der Waals surface area contributed by atoms with Gasteiger partial charge in [-0.05, 0) is 11.1 Å². The SMILES string of the molecule is C(=C\c1ccccc1)/c1ccccc1.N. The van der Waals surface area contributed by atoms with Crippen molar-refractivity contribution in [3.05, 3.63) is 71.8 Å². The highest BCUT2D eigenvalue weighted by Gasteiger charge is 1.84. The van der Waals surface area contributed by atoms with Gasteiger partial charge in [0, 0.05) is 0 Å². The van der Waals surface area contributed by atoms with Gasteiger partial charge in [0.05, 0.1) is 0 Å². The molecule has 1 nitrogen and oxygen atoms in total. The Kier molecular flexibility index (Phi) is 4.32. The van der Waals surface area contributed by atoms with Gasteiger partial charge in [-0.2, -0.15) is 0 Å². The van der Waals surface area contributed by atoms with E-state index in [9.17, 15) is 0 Å². The lowest BCUT2D eigenvalue weighted by Crippen LogP contribution is -1.70. The molecule has 0 spiro atoms. The minimum absolute atomic E-state index is 0. The molecule has 0 saturated carbocycles. The fourth-order valence-corrected chi connectivity index (χ4v) is 1.32. The van der Waals surface area contributed by atoms with E-state index >= 15 is 0 Å². The summed E-state index contributed by atoms with van der Waals surface area (Å²) in [7, 11) is 0. The zero-order chi connectivity index (χ0) is 9.64. The van der Waals surface area contributed by atoms with Gasteiger partial charge in [0.2, 0.25) is 0 Å². The van der Waals surface area contributed by atoms with E-state index in [4.69, 9.17) is 0 Å². The van der Waals surface area contributed by atoms with Gasteiger partial charge in [-0.3, -0.25) is 0 Å². The summed E-state index contributed by atoms with van der Waals surface area (Å²) in [5.41, 5.74) is 2.47. The van der Waals surface area contributed by atoms with Crippen molar-refractivity contribution in [2.75, 3.05) is 0 Å². The summed E-state index contributed by atoms with van der Waals surface area (Å²) >= 11 is 0. The van der Waals surface area contributed by atoms with Crippen LogP contribution in [0.5, 0.6) is 0 Å². The second-order valence-corrected chi connectivity index (χ2v) is 3.15. The van der Waals surface area contributed by atoms with E-state index in [2.05, 4.69) is 36.4 Å². The Balaban J connectivity index is 0.00000112. The molecule has 0 amide bonds. The van der Waals surface area contributed by atoms with Crippen molar-refractivity contribution in [1.29, 1.82) is 0 Å². The minimum Gasteiger partial charge on any atom is -0.344 e. The Morgan fingerprint density at radius 1 is 0.533 bits per heavy atom. The maximum atomic E-state index is 2.12. The number of rotatable bonds is 2. The van der Waals surface area contributed by atoms with E-state index in [1.54, 1.807) is 0 Å². The summed E-state index contributed by atoms with van der Waals surface area (Å²) in [5, 5.41) is 0. The largest absolute Gasteiger partial charge is 0.344 e. The van der Waals surface area contributed by atoms with Crippen LogP contribution in [0.1, 0.15) is 11.1 Å². The van der Waals surface area contributed by atoms with Gasteiger partial charge in [0.15, 0.2) is 0 Å². The van der Waals surface area contributed by atoms with Crippen LogP contribution in [0.4, 0.5) is 0 Å². The molecule has 0 fully saturated rings. The first-order valence-corrected chi connectivity index (χ1v) is 4.73. The molecule has 0 aromatic heterocycles. The first-order valence-electron chi connectivity index (χ1n) is 4.73. The summed E-state index contributed by atoms with van der Waals surface area (Å²) < 4.78 is 0. The molecule has 2 aromatic carbocycles. The van der Waals surface area contributed by atoms with Crippen LogP contribution in [0.15, 0.2) is 60.7 Å². The van der Waals surface area contributed by atoms with Crippen LogP contribution in [0.3, 0.4) is 0 Å². The average Bonchev–Trinajstić information content (AvgIpc) is 2.29. The summed E-state index contributed by atoms with van der Waals surface area (Å²) in [6.45, 7) is 0. The molecule has 0 heterocycles. The third-order valence-corrected chi connectivity index (χ3v) is 2.07. The predicted molar refractivity (Wildman–Crippen MR) is 66.8 cm³/mol. The molecule has 0 unspecified atom stereocenters. The standard InChI is InChI=1S/C14H12.H3N/c1-3-7-13(8-4-1)11-12-14-9-5-2-6-10-14;/h1-12H;1H3/b12-11+;. The Labute approximate surface area is 90.7 Å². The molecule has 15 heavy (non-hydrogen) atoms.